The summed E-state index contributed by atoms with van der Waals surface area (Å²) in [7, 11) is 0. The highest BCUT2D eigenvalue weighted by Crippen LogP contribution is 2.17. The Morgan fingerprint density at radius 1 is 0.434 bits per heavy atom. The zero-order valence-electron chi connectivity index (χ0n) is 36.3. The van der Waals surface area contributed by atoms with Crippen molar-refractivity contribution < 1.29 is 15.0 Å². The smallest absolute Gasteiger partial charge is 0.220 e. The van der Waals surface area contributed by atoms with Crippen LogP contribution in [0.2, 0.25) is 0 Å². The zero-order valence-corrected chi connectivity index (χ0v) is 36.3. The molecule has 0 aromatic carbocycles. The standard InChI is InChI=1S/C49H97NO3/c1-3-5-7-9-11-13-15-17-18-19-20-21-22-23-24-25-26-27-28-29-30-31-32-33-34-36-38-40-42-44-48(52)47(46-51)50-49(53)45-43-41-39-37-35-16-14-12-10-8-6-4-2/h12,14,47-48,51-52H,3-11,13,15-46H2,1-2H3,(H,50,53)/b14-12-. The second-order valence-electron chi connectivity index (χ2n) is 16.9. The molecule has 0 saturated carbocycles. The summed E-state index contributed by atoms with van der Waals surface area (Å²) in [5.41, 5.74) is 0. The maximum atomic E-state index is 12.4. The molecule has 316 valence electrons. The van der Waals surface area contributed by atoms with E-state index < -0.39 is 12.1 Å². The molecule has 0 aliphatic rings. The summed E-state index contributed by atoms with van der Waals surface area (Å²) in [5, 5.41) is 23.2. The largest absolute Gasteiger partial charge is 0.394 e. The van der Waals surface area contributed by atoms with Crippen molar-refractivity contribution in [3.63, 3.8) is 0 Å². The Bertz CT molecular complexity index is 725. The van der Waals surface area contributed by atoms with Crippen molar-refractivity contribution in [1.29, 1.82) is 0 Å². The number of aliphatic hydroxyl groups is 2. The Morgan fingerprint density at radius 2 is 0.717 bits per heavy atom. The molecule has 0 rings (SSSR count). The van der Waals surface area contributed by atoms with Gasteiger partial charge >= 0.3 is 0 Å². The minimum atomic E-state index is -0.659. The fourth-order valence-corrected chi connectivity index (χ4v) is 7.77. The topological polar surface area (TPSA) is 69.6 Å². The summed E-state index contributed by atoms with van der Waals surface area (Å²) in [4.78, 5) is 12.4. The fraction of sp³-hybridized carbons (Fsp3) is 0.939. The van der Waals surface area contributed by atoms with E-state index in [0.717, 1.165) is 25.7 Å². The second kappa shape index (κ2) is 45.5. The van der Waals surface area contributed by atoms with Crippen LogP contribution in [0.15, 0.2) is 12.2 Å². The van der Waals surface area contributed by atoms with Crippen LogP contribution < -0.4 is 5.32 Å². The van der Waals surface area contributed by atoms with Crippen molar-refractivity contribution in [3.05, 3.63) is 12.2 Å². The molecule has 0 aliphatic heterocycles. The number of rotatable bonds is 45. The van der Waals surface area contributed by atoms with Crippen molar-refractivity contribution >= 4 is 5.91 Å². The SMILES string of the molecule is CCCCC/C=C\CCCCCCCC(=O)NC(CO)C(O)CCCCCCCCCCCCCCCCCCCCCCCCCCCCCCC. The Morgan fingerprint density at radius 3 is 1.08 bits per heavy atom. The van der Waals surface area contributed by atoms with Crippen LogP contribution >= 0.6 is 0 Å². The molecule has 0 fully saturated rings. The number of aliphatic hydroxyl groups excluding tert-OH is 2. The highest BCUT2D eigenvalue weighted by molar-refractivity contribution is 5.76. The predicted octanol–water partition coefficient (Wildman–Crippen LogP) is 15.4. The number of carbonyl (C=O) groups excluding carboxylic acids is 1. The first-order valence-electron chi connectivity index (χ1n) is 24.4. The van der Waals surface area contributed by atoms with Gasteiger partial charge in [0.15, 0.2) is 0 Å². The zero-order chi connectivity index (χ0) is 38.6. The molecule has 4 nitrogen and oxygen atoms in total. The molecule has 0 heterocycles. The fourth-order valence-electron chi connectivity index (χ4n) is 7.77. The summed E-state index contributed by atoms with van der Waals surface area (Å²) in [6.07, 6.45) is 57.5. The first-order valence-corrected chi connectivity index (χ1v) is 24.4. The minimum absolute atomic E-state index is 0.0383. The van der Waals surface area contributed by atoms with Gasteiger partial charge in [-0.2, -0.15) is 0 Å². The normalized spacial score (nSPS) is 12.9. The van der Waals surface area contributed by atoms with Crippen molar-refractivity contribution in [2.45, 2.75) is 289 Å². The number of carbonyl (C=O) groups is 1. The molecule has 2 atom stereocenters. The van der Waals surface area contributed by atoms with Gasteiger partial charge in [0.05, 0.1) is 18.8 Å². The van der Waals surface area contributed by atoms with Crippen LogP contribution in [-0.2, 0) is 4.79 Å². The van der Waals surface area contributed by atoms with Crippen LogP contribution in [0.3, 0.4) is 0 Å². The molecular weight excluding hydrogens is 651 g/mol. The number of nitrogens with one attached hydrogen (secondary N) is 1. The Hall–Kier alpha value is -0.870. The number of unbranched alkanes of at least 4 members (excludes halogenated alkanes) is 36. The minimum Gasteiger partial charge on any atom is -0.394 e. The van der Waals surface area contributed by atoms with Gasteiger partial charge in [-0.1, -0.05) is 244 Å². The maximum Gasteiger partial charge on any atom is 0.220 e. The molecule has 4 heteroatoms. The highest BCUT2D eigenvalue weighted by atomic mass is 16.3. The lowest BCUT2D eigenvalue weighted by Gasteiger charge is -2.22. The molecule has 2 unspecified atom stereocenters. The molecule has 0 radical (unpaired) electrons. The van der Waals surface area contributed by atoms with Crippen LogP contribution in [0, 0.1) is 0 Å². The van der Waals surface area contributed by atoms with Crippen molar-refractivity contribution in [3.8, 4) is 0 Å². The van der Waals surface area contributed by atoms with Gasteiger partial charge < -0.3 is 15.5 Å². The second-order valence-corrected chi connectivity index (χ2v) is 16.9. The molecule has 53 heavy (non-hydrogen) atoms. The first kappa shape index (κ1) is 52.1. The Kier molecular flexibility index (Phi) is 44.8. The van der Waals surface area contributed by atoms with Gasteiger partial charge in [-0.25, -0.2) is 0 Å². The quantitative estimate of drug-likeness (QED) is 0.0429. The van der Waals surface area contributed by atoms with Crippen LogP contribution in [0.4, 0.5) is 0 Å². The van der Waals surface area contributed by atoms with E-state index >= 15 is 0 Å². The lowest BCUT2D eigenvalue weighted by molar-refractivity contribution is -0.123. The van der Waals surface area contributed by atoms with E-state index in [4.69, 9.17) is 0 Å². The molecule has 0 aromatic heterocycles. The summed E-state index contributed by atoms with van der Waals surface area (Å²) in [6.45, 7) is 4.35. The predicted molar refractivity (Wildman–Crippen MR) is 235 cm³/mol. The van der Waals surface area contributed by atoms with E-state index in [1.165, 1.54) is 225 Å². The van der Waals surface area contributed by atoms with Crippen molar-refractivity contribution in [2.24, 2.45) is 0 Å². The van der Waals surface area contributed by atoms with E-state index in [1.807, 2.05) is 0 Å². The number of amides is 1. The van der Waals surface area contributed by atoms with Crippen LogP contribution in [-0.4, -0.2) is 34.9 Å². The summed E-state index contributed by atoms with van der Waals surface area (Å²) < 4.78 is 0. The van der Waals surface area contributed by atoms with E-state index in [1.54, 1.807) is 0 Å². The summed E-state index contributed by atoms with van der Waals surface area (Å²) in [5.74, 6) is -0.0383. The van der Waals surface area contributed by atoms with Crippen LogP contribution in [0.25, 0.3) is 0 Å². The van der Waals surface area contributed by atoms with E-state index in [9.17, 15) is 15.0 Å². The lowest BCUT2D eigenvalue weighted by atomic mass is 10.0. The third kappa shape index (κ3) is 42.1. The van der Waals surface area contributed by atoms with Gasteiger partial charge in [-0.15, -0.1) is 0 Å². The molecule has 0 aromatic rings. The lowest BCUT2D eigenvalue weighted by Crippen LogP contribution is -2.45. The van der Waals surface area contributed by atoms with Gasteiger partial charge in [0.1, 0.15) is 0 Å². The molecule has 1 amide bonds. The van der Waals surface area contributed by atoms with Gasteiger partial charge in [-0.05, 0) is 38.5 Å². The number of hydrogen-bond donors (Lipinski definition) is 3. The monoisotopic (exact) mass is 748 g/mol. The van der Waals surface area contributed by atoms with Gasteiger partial charge in [0.25, 0.3) is 0 Å². The molecule has 3 N–H and O–H groups in total. The van der Waals surface area contributed by atoms with Crippen molar-refractivity contribution in [1.82, 2.24) is 5.32 Å². The molecule has 0 spiro atoms. The third-order valence-corrected chi connectivity index (χ3v) is 11.5. The van der Waals surface area contributed by atoms with Gasteiger partial charge in [-0.3, -0.25) is 4.79 Å². The van der Waals surface area contributed by atoms with E-state index in [-0.39, 0.29) is 12.5 Å². The highest BCUT2D eigenvalue weighted by Gasteiger charge is 2.20. The molecule has 0 saturated heterocycles. The number of allylic oxidation sites excluding steroid dienone is 2. The summed E-state index contributed by atoms with van der Waals surface area (Å²) >= 11 is 0. The van der Waals surface area contributed by atoms with E-state index in [0.29, 0.717) is 12.8 Å². The van der Waals surface area contributed by atoms with Crippen LogP contribution in [0.5, 0.6) is 0 Å². The Labute approximate surface area is 333 Å². The molecule has 0 bridgehead atoms. The first-order chi connectivity index (χ1) is 26.2. The average molecular weight is 748 g/mol. The molecule has 0 aliphatic carbocycles. The Balaban J connectivity index is 3.39. The summed E-state index contributed by atoms with van der Waals surface area (Å²) in [6, 6.07) is -0.537. The average Bonchev–Trinajstić information content (AvgIpc) is 3.16. The van der Waals surface area contributed by atoms with Gasteiger partial charge in [0, 0.05) is 6.42 Å². The van der Waals surface area contributed by atoms with Gasteiger partial charge in [0.2, 0.25) is 5.91 Å². The van der Waals surface area contributed by atoms with Crippen molar-refractivity contribution in [2.75, 3.05) is 6.61 Å². The number of hydrogen-bond acceptors (Lipinski definition) is 3. The third-order valence-electron chi connectivity index (χ3n) is 11.5. The molecular formula is C49H97NO3. The van der Waals surface area contributed by atoms with Crippen LogP contribution in [0.1, 0.15) is 277 Å². The maximum absolute atomic E-state index is 12.4. The van der Waals surface area contributed by atoms with E-state index in [2.05, 4.69) is 31.3 Å².